The third-order valence-corrected chi connectivity index (χ3v) is 3.29. The monoisotopic (exact) mass is 286 g/mol. The van der Waals surface area contributed by atoms with Crippen LogP contribution in [0, 0.1) is 11.6 Å². The molecule has 3 N–H and O–H groups in total. The molecule has 0 spiro atoms. The lowest BCUT2D eigenvalue weighted by Gasteiger charge is -2.18. The molecule has 0 aliphatic rings. The number of aromatic nitrogens is 2. The van der Waals surface area contributed by atoms with Gasteiger partial charge in [0.15, 0.2) is 11.6 Å². The molecule has 1 aromatic heterocycles. The lowest BCUT2D eigenvalue weighted by molar-refractivity contribution is 0.483. The molecule has 21 heavy (non-hydrogen) atoms. The van der Waals surface area contributed by atoms with Crippen molar-refractivity contribution < 1.29 is 8.78 Å². The maximum absolute atomic E-state index is 13.9. The molecule has 0 fully saturated rings. The summed E-state index contributed by atoms with van der Waals surface area (Å²) in [6.07, 6.45) is 3.16. The van der Waals surface area contributed by atoms with E-state index in [-0.39, 0.29) is 5.56 Å². The quantitative estimate of drug-likeness (QED) is 0.573. The first-order chi connectivity index (χ1) is 10.2. The van der Waals surface area contributed by atoms with Gasteiger partial charge in [0.2, 0.25) is 0 Å². The van der Waals surface area contributed by atoms with Crippen LogP contribution in [0.1, 0.15) is 17.2 Å². The zero-order valence-electron chi connectivity index (χ0n) is 10.9. The van der Waals surface area contributed by atoms with Gasteiger partial charge in [0.25, 0.3) is 0 Å². The first-order valence-electron chi connectivity index (χ1n) is 6.31. The predicted octanol–water partition coefficient (Wildman–Crippen LogP) is 2.46. The number of nitrogens with zero attached hydrogens (tertiary/aromatic N) is 2. The van der Waals surface area contributed by atoms with Crippen molar-refractivity contribution in [1.29, 1.82) is 0 Å². The van der Waals surface area contributed by atoms with Crippen LogP contribution in [0.4, 0.5) is 8.78 Å². The van der Waals surface area contributed by atoms with Crippen molar-refractivity contribution in [2.24, 2.45) is 5.84 Å². The summed E-state index contributed by atoms with van der Waals surface area (Å²) in [6, 6.07) is 8.59. The SMILES string of the molecule is NNC(c1ccc2nccnc2c1)c1cccc(F)c1F. The highest BCUT2D eigenvalue weighted by molar-refractivity contribution is 5.74. The Kier molecular flexibility index (Phi) is 3.55. The van der Waals surface area contributed by atoms with Crippen molar-refractivity contribution >= 4 is 11.0 Å². The number of nitrogens with two attached hydrogens (primary N) is 1. The van der Waals surface area contributed by atoms with Crippen LogP contribution in [0.3, 0.4) is 0 Å². The molecule has 1 heterocycles. The topological polar surface area (TPSA) is 63.8 Å². The Morgan fingerprint density at radius 2 is 1.76 bits per heavy atom. The normalized spacial score (nSPS) is 12.5. The van der Waals surface area contributed by atoms with E-state index in [1.165, 1.54) is 12.1 Å². The Morgan fingerprint density at radius 3 is 2.52 bits per heavy atom. The van der Waals surface area contributed by atoms with Crippen molar-refractivity contribution in [1.82, 2.24) is 15.4 Å². The first-order valence-corrected chi connectivity index (χ1v) is 6.31. The molecule has 0 amide bonds. The van der Waals surface area contributed by atoms with Crippen molar-refractivity contribution in [2.45, 2.75) is 6.04 Å². The molecule has 1 unspecified atom stereocenters. The fourth-order valence-electron chi connectivity index (χ4n) is 2.27. The van der Waals surface area contributed by atoms with Crippen molar-refractivity contribution in [3.05, 3.63) is 71.6 Å². The van der Waals surface area contributed by atoms with Gasteiger partial charge in [-0.15, -0.1) is 0 Å². The lowest BCUT2D eigenvalue weighted by atomic mass is 9.98. The van der Waals surface area contributed by atoms with E-state index in [4.69, 9.17) is 5.84 Å². The number of nitrogens with one attached hydrogen (secondary N) is 1. The second-order valence-electron chi connectivity index (χ2n) is 4.55. The number of halogens is 2. The van der Waals surface area contributed by atoms with Gasteiger partial charge in [0.05, 0.1) is 17.1 Å². The maximum Gasteiger partial charge on any atom is 0.163 e. The van der Waals surface area contributed by atoms with E-state index in [0.717, 1.165) is 11.6 Å². The van der Waals surface area contributed by atoms with E-state index < -0.39 is 17.7 Å². The molecule has 0 aliphatic carbocycles. The van der Waals surface area contributed by atoms with Crippen LogP contribution >= 0.6 is 0 Å². The molecule has 3 rings (SSSR count). The van der Waals surface area contributed by atoms with E-state index in [2.05, 4.69) is 15.4 Å². The third-order valence-electron chi connectivity index (χ3n) is 3.29. The van der Waals surface area contributed by atoms with E-state index in [9.17, 15) is 8.78 Å². The zero-order valence-corrected chi connectivity index (χ0v) is 10.9. The van der Waals surface area contributed by atoms with Gasteiger partial charge in [0.1, 0.15) is 0 Å². The van der Waals surface area contributed by atoms with Gasteiger partial charge in [-0.05, 0) is 23.8 Å². The molecular formula is C15H12F2N4. The van der Waals surface area contributed by atoms with Gasteiger partial charge in [0, 0.05) is 18.0 Å². The average molecular weight is 286 g/mol. The fourth-order valence-corrected chi connectivity index (χ4v) is 2.27. The average Bonchev–Trinajstić information content (AvgIpc) is 2.52. The minimum Gasteiger partial charge on any atom is -0.271 e. The van der Waals surface area contributed by atoms with Gasteiger partial charge in [-0.3, -0.25) is 15.8 Å². The van der Waals surface area contributed by atoms with Gasteiger partial charge >= 0.3 is 0 Å². The molecule has 0 bridgehead atoms. The van der Waals surface area contributed by atoms with Gasteiger partial charge in [-0.25, -0.2) is 14.2 Å². The summed E-state index contributed by atoms with van der Waals surface area (Å²) in [7, 11) is 0. The predicted molar refractivity (Wildman–Crippen MR) is 75.1 cm³/mol. The van der Waals surface area contributed by atoms with Gasteiger partial charge < -0.3 is 0 Å². The molecule has 4 nitrogen and oxygen atoms in total. The van der Waals surface area contributed by atoms with Crippen LogP contribution in [0.2, 0.25) is 0 Å². The first kappa shape index (κ1) is 13.5. The largest absolute Gasteiger partial charge is 0.271 e. The number of hydrazine groups is 1. The van der Waals surface area contributed by atoms with Crippen molar-refractivity contribution in [3.8, 4) is 0 Å². The number of hydrogen-bond acceptors (Lipinski definition) is 4. The Morgan fingerprint density at radius 1 is 1.00 bits per heavy atom. The maximum atomic E-state index is 13.9. The minimum absolute atomic E-state index is 0.140. The fraction of sp³-hybridized carbons (Fsp3) is 0.0667. The highest BCUT2D eigenvalue weighted by Gasteiger charge is 2.19. The van der Waals surface area contributed by atoms with E-state index in [1.54, 1.807) is 30.6 Å². The molecule has 2 aromatic carbocycles. The summed E-state index contributed by atoms with van der Waals surface area (Å²) in [5.41, 5.74) is 4.71. The highest BCUT2D eigenvalue weighted by Crippen LogP contribution is 2.26. The molecule has 3 aromatic rings. The second-order valence-corrected chi connectivity index (χ2v) is 4.55. The molecule has 106 valence electrons. The summed E-state index contributed by atoms with van der Waals surface area (Å²) in [5, 5.41) is 0. The van der Waals surface area contributed by atoms with Crippen LogP contribution in [-0.2, 0) is 0 Å². The Bertz CT molecular complexity index is 791. The summed E-state index contributed by atoms with van der Waals surface area (Å²) >= 11 is 0. The molecule has 0 saturated carbocycles. The minimum atomic E-state index is -0.917. The molecule has 0 radical (unpaired) electrons. The summed E-state index contributed by atoms with van der Waals surface area (Å²) in [4.78, 5) is 8.36. The molecule has 0 saturated heterocycles. The summed E-state index contributed by atoms with van der Waals surface area (Å²) in [6.45, 7) is 0. The molecular weight excluding hydrogens is 274 g/mol. The van der Waals surface area contributed by atoms with Gasteiger partial charge in [-0.2, -0.15) is 0 Å². The Balaban J connectivity index is 2.11. The molecule has 1 atom stereocenters. The van der Waals surface area contributed by atoms with E-state index in [0.29, 0.717) is 11.1 Å². The Labute approximate surface area is 119 Å². The van der Waals surface area contributed by atoms with Crippen molar-refractivity contribution in [3.63, 3.8) is 0 Å². The summed E-state index contributed by atoms with van der Waals surface area (Å²) in [5.74, 6) is 3.70. The zero-order chi connectivity index (χ0) is 14.8. The number of hydrogen-bond donors (Lipinski definition) is 2. The van der Waals surface area contributed by atoms with Crippen LogP contribution in [0.5, 0.6) is 0 Å². The van der Waals surface area contributed by atoms with Crippen LogP contribution in [0.15, 0.2) is 48.8 Å². The number of fused-ring (bicyclic) bond motifs is 1. The Hall–Kier alpha value is -2.44. The highest BCUT2D eigenvalue weighted by atomic mass is 19.2. The van der Waals surface area contributed by atoms with Crippen LogP contribution in [-0.4, -0.2) is 9.97 Å². The lowest BCUT2D eigenvalue weighted by Crippen LogP contribution is -2.29. The molecule has 0 aliphatic heterocycles. The second kappa shape index (κ2) is 5.51. The van der Waals surface area contributed by atoms with E-state index in [1.807, 2.05) is 0 Å². The molecule has 6 heteroatoms. The van der Waals surface area contributed by atoms with Crippen LogP contribution < -0.4 is 11.3 Å². The number of benzene rings is 2. The van der Waals surface area contributed by atoms with Crippen LogP contribution in [0.25, 0.3) is 11.0 Å². The van der Waals surface area contributed by atoms with E-state index >= 15 is 0 Å². The smallest absolute Gasteiger partial charge is 0.163 e. The summed E-state index contributed by atoms with van der Waals surface area (Å²) < 4.78 is 27.3. The third kappa shape index (κ3) is 2.46. The number of rotatable bonds is 3. The van der Waals surface area contributed by atoms with Crippen molar-refractivity contribution in [2.75, 3.05) is 0 Å². The van der Waals surface area contributed by atoms with Gasteiger partial charge in [-0.1, -0.05) is 18.2 Å². The standard InChI is InChI=1S/C15H12F2N4/c16-11-3-1-2-10(14(11)17)15(21-18)9-4-5-12-13(8-9)20-7-6-19-12/h1-8,15,21H,18H2.